The highest BCUT2D eigenvalue weighted by atomic mass is 16.2. The molecule has 24 heavy (non-hydrogen) atoms. The third-order valence-corrected chi connectivity index (χ3v) is 7.15. The summed E-state index contributed by atoms with van der Waals surface area (Å²) in [5, 5.41) is 6.26. The van der Waals surface area contributed by atoms with Crippen LogP contribution in [0.3, 0.4) is 0 Å². The highest BCUT2D eigenvalue weighted by Gasteiger charge is 2.50. The van der Waals surface area contributed by atoms with Crippen LogP contribution in [0.15, 0.2) is 18.2 Å². The number of carbonyl (C=O) groups excluding carboxylic acids is 1. The van der Waals surface area contributed by atoms with Gasteiger partial charge in [0.15, 0.2) is 0 Å². The first-order chi connectivity index (χ1) is 11.7. The Morgan fingerprint density at radius 1 is 1.00 bits per heavy atom. The molecule has 0 spiro atoms. The van der Waals surface area contributed by atoms with Crippen molar-refractivity contribution in [1.82, 2.24) is 5.32 Å². The highest BCUT2D eigenvalue weighted by molar-refractivity contribution is 5.89. The second-order valence-corrected chi connectivity index (χ2v) is 9.06. The standard InChI is InChI=1S/C21H28N2O/c24-20(23-19-5-4-17-2-1-3-18(17)9-19)22-13-21-10-14-6-15(11-21)8-16(7-14)12-21/h4-5,9,14-16H,1-3,6-8,10-13H2,(H2,22,23,24). The van der Waals surface area contributed by atoms with Crippen molar-refractivity contribution >= 4 is 11.7 Å². The molecule has 0 aliphatic heterocycles. The van der Waals surface area contributed by atoms with Crippen molar-refractivity contribution in [2.24, 2.45) is 23.2 Å². The predicted octanol–water partition coefficient (Wildman–Crippen LogP) is 4.51. The van der Waals surface area contributed by atoms with Crippen LogP contribution in [0.5, 0.6) is 0 Å². The molecule has 0 radical (unpaired) electrons. The van der Waals surface area contributed by atoms with E-state index in [0.717, 1.165) is 36.4 Å². The number of hydrogen-bond acceptors (Lipinski definition) is 1. The number of amides is 2. The molecule has 0 saturated heterocycles. The summed E-state index contributed by atoms with van der Waals surface area (Å²) < 4.78 is 0. The first-order valence-corrected chi connectivity index (χ1v) is 9.84. The maximum Gasteiger partial charge on any atom is 0.319 e. The van der Waals surface area contributed by atoms with Crippen LogP contribution in [0.1, 0.15) is 56.1 Å². The Balaban J connectivity index is 1.20. The fraction of sp³-hybridized carbons (Fsp3) is 0.667. The highest BCUT2D eigenvalue weighted by Crippen LogP contribution is 2.59. The summed E-state index contributed by atoms with van der Waals surface area (Å²) in [6.07, 6.45) is 12.0. The van der Waals surface area contributed by atoms with E-state index >= 15 is 0 Å². The summed E-state index contributed by atoms with van der Waals surface area (Å²) in [5.41, 5.74) is 4.21. The van der Waals surface area contributed by atoms with Crippen molar-refractivity contribution < 1.29 is 4.79 Å². The zero-order valence-corrected chi connectivity index (χ0v) is 14.4. The van der Waals surface area contributed by atoms with Crippen molar-refractivity contribution in [2.45, 2.75) is 57.8 Å². The van der Waals surface area contributed by atoms with E-state index in [9.17, 15) is 4.79 Å². The van der Waals surface area contributed by atoms with Gasteiger partial charge in [0.25, 0.3) is 0 Å². The molecule has 0 unspecified atom stereocenters. The summed E-state index contributed by atoms with van der Waals surface area (Å²) in [6.45, 7) is 0.868. The number of anilines is 1. The summed E-state index contributed by atoms with van der Waals surface area (Å²) in [4.78, 5) is 12.4. The lowest BCUT2D eigenvalue weighted by molar-refractivity contribution is -0.0496. The molecule has 4 bridgehead atoms. The molecule has 2 amide bonds. The van der Waals surface area contributed by atoms with Crippen LogP contribution in [0, 0.1) is 23.2 Å². The number of fused-ring (bicyclic) bond motifs is 1. The van der Waals surface area contributed by atoms with Gasteiger partial charge in [-0.3, -0.25) is 0 Å². The molecule has 0 heterocycles. The van der Waals surface area contributed by atoms with Crippen LogP contribution >= 0.6 is 0 Å². The van der Waals surface area contributed by atoms with Crippen LogP contribution in [0.2, 0.25) is 0 Å². The molecule has 5 aliphatic rings. The fourth-order valence-corrected chi connectivity index (χ4v) is 6.60. The van der Waals surface area contributed by atoms with Gasteiger partial charge < -0.3 is 10.6 Å². The summed E-state index contributed by atoms with van der Waals surface area (Å²) >= 11 is 0. The average molecular weight is 324 g/mol. The number of aryl methyl sites for hydroxylation is 2. The maximum absolute atomic E-state index is 12.4. The van der Waals surface area contributed by atoms with E-state index < -0.39 is 0 Å². The molecule has 4 saturated carbocycles. The van der Waals surface area contributed by atoms with Crippen molar-refractivity contribution in [3.8, 4) is 0 Å². The van der Waals surface area contributed by atoms with Crippen LogP contribution in [-0.2, 0) is 12.8 Å². The van der Waals surface area contributed by atoms with Gasteiger partial charge in [0, 0.05) is 12.2 Å². The molecule has 2 N–H and O–H groups in total. The Morgan fingerprint density at radius 2 is 1.67 bits per heavy atom. The molecular weight excluding hydrogens is 296 g/mol. The van der Waals surface area contributed by atoms with Gasteiger partial charge in [0.05, 0.1) is 0 Å². The van der Waals surface area contributed by atoms with Crippen LogP contribution in [0.25, 0.3) is 0 Å². The van der Waals surface area contributed by atoms with Crippen molar-refractivity contribution in [1.29, 1.82) is 0 Å². The number of rotatable bonds is 3. The van der Waals surface area contributed by atoms with E-state index in [1.165, 1.54) is 62.5 Å². The molecule has 6 rings (SSSR count). The maximum atomic E-state index is 12.4. The Kier molecular flexibility index (Phi) is 3.39. The van der Waals surface area contributed by atoms with Crippen molar-refractivity contribution in [2.75, 3.05) is 11.9 Å². The van der Waals surface area contributed by atoms with Crippen LogP contribution in [0.4, 0.5) is 10.5 Å². The van der Waals surface area contributed by atoms with Gasteiger partial charge in [-0.25, -0.2) is 4.79 Å². The third-order valence-electron chi connectivity index (χ3n) is 7.15. The lowest BCUT2D eigenvalue weighted by Gasteiger charge is -2.56. The summed E-state index contributed by atoms with van der Waals surface area (Å²) in [6, 6.07) is 6.36. The number of hydrogen-bond donors (Lipinski definition) is 2. The zero-order chi connectivity index (χ0) is 16.1. The van der Waals surface area contributed by atoms with E-state index in [1.807, 2.05) is 0 Å². The Labute approximate surface area is 144 Å². The monoisotopic (exact) mass is 324 g/mol. The van der Waals surface area contributed by atoms with Gasteiger partial charge in [0.1, 0.15) is 0 Å². The van der Waals surface area contributed by atoms with Gasteiger partial charge in [-0.05, 0) is 104 Å². The van der Waals surface area contributed by atoms with Crippen LogP contribution < -0.4 is 10.6 Å². The van der Waals surface area contributed by atoms with E-state index in [1.54, 1.807) is 0 Å². The topological polar surface area (TPSA) is 41.1 Å². The predicted molar refractivity (Wildman–Crippen MR) is 96.1 cm³/mol. The lowest BCUT2D eigenvalue weighted by Crippen LogP contribution is -2.51. The largest absolute Gasteiger partial charge is 0.337 e. The number of nitrogens with one attached hydrogen (secondary N) is 2. The molecule has 1 aromatic carbocycles. The molecule has 0 aromatic heterocycles. The van der Waals surface area contributed by atoms with Gasteiger partial charge in [0.2, 0.25) is 0 Å². The quantitative estimate of drug-likeness (QED) is 0.843. The van der Waals surface area contributed by atoms with Gasteiger partial charge in [-0.1, -0.05) is 6.07 Å². The van der Waals surface area contributed by atoms with Crippen molar-refractivity contribution in [3.05, 3.63) is 29.3 Å². The van der Waals surface area contributed by atoms with E-state index in [2.05, 4.69) is 28.8 Å². The normalized spacial score (nSPS) is 35.8. The molecule has 3 nitrogen and oxygen atoms in total. The molecule has 128 valence electrons. The summed E-state index contributed by atoms with van der Waals surface area (Å²) in [7, 11) is 0. The minimum Gasteiger partial charge on any atom is -0.337 e. The summed E-state index contributed by atoms with van der Waals surface area (Å²) in [5.74, 6) is 2.83. The Bertz CT molecular complexity index is 631. The molecule has 5 aliphatic carbocycles. The van der Waals surface area contributed by atoms with E-state index in [0.29, 0.717) is 5.41 Å². The van der Waals surface area contributed by atoms with Gasteiger partial charge in [-0.15, -0.1) is 0 Å². The number of benzene rings is 1. The molecule has 0 atom stereocenters. The van der Waals surface area contributed by atoms with Crippen molar-refractivity contribution in [3.63, 3.8) is 0 Å². The van der Waals surface area contributed by atoms with E-state index in [-0.39, 0.29) is 6.03 Å². The minimum absolute atomic E-state index is 0.0244. The fourth-order valence-electron chi connectivity index (χ4n) is 6.60. The SMILES string of the molecule is O=C(NCC12CC3CC(CC(C3)C1)C2)Nc1ccc2c(c1)CCC2. The second-order valence-electron chi connectivity index (χ2n) is 9.06. The average Bonchev–Trinajstić information content (AvgIpc) is 2.99. The van der Waals surface area contributed by atoms with E-state index in [4.69, 9.17) is 0 Å². The number of carbonyl (C=O) groups is 1. The Morgan fingerprint density at radius 3 is 2.38 bits per heavy atom. The van der Waals surface area contributed by atoms with Gasteiger partial charge in [-0.2, -0.15) is 0 Å². The Hall–Kier alpha value is -1.51. The minimum atomic E-state index is -0.0244. The van der Waals surface area contributed by atoms with Gasteiger partial charge >= 0.3 is 6.03 Å². The molecule has 1 aromatic rings. The number of urea groups is 1. The molecule has 4 fully saturated rings. The molecule has 3 heteroatoms. The first-order valence-electron chi connectivity index (χ1n) is 9.84. The third kappa shape index (κ3) is 2.62. The first kappa shape index (κ1) is 14.8. The smallest absolute Gasteiger partial charge is 0.319 e. The lowest BCUT2D eigenvalue weighted by atomic mass is 9.49. The molecular formula is C21H28N2O. The second kappa shape index (κ2) is 5.50. The zero-order valence-electron chi connectivity index (χ0n) is 14.4. The van der Waals surface area contributed by atoms with Crippen LogP contribution in [-0.4, -0.2) is 12.6 Å².